The van der Waals surface area contributed by atoms with Crippen LogP contribution >= 0.6 is 0 Å². The van der Waals surface area contributed by atoms with E-state index in [2.05, 4.69) is 10.1 Å². The second-order valence-electron chi connectivity index (χ2n) is 3.32. The largest absolute Gasteiger partial charge is 0.468 e. The van der Waals surface area contributed by atoms with Crippen molar-refractivity contribution in [1.29, 1.82) is 0 Å². The van der Waals surface area contributed by atoms with Crippen molar-refractivity contribution in [2.75, 3.05) is 20.2 Å². The summed E-state index contributed by atoms with van der Waals surface area (Å²) in [4.78, 5) is 35.0. The lowest BCUT2D eigenvalue weighted by Gasteiger charge is -2.32. The number of hydrogen-bond donors (Lipinski definition) is 1. The zero-order valence-corrected chi connectivity index (χ0v) is 8.78. The summed E-state index contributed by atoms with van der Waals surface area (Å²) in [6.45, 7) is 1.85. The summed E-state index contributed by atoms with van der Waals surface area (Å²) in [6, 6.07) is -0.429. The molecule has 0 aromatic rings. The van der Waals surface area contributed by atoms with Crippen LogP contribution in [0, 0.1) is 0 Å². The average molecular weight is 214 g/mol. The molecular weight excluding hydrogens is 200 g/mol. The second kappa shape index (κ2) is 4.88. The maximum absolute atomic E-state index is 11.4. The molecule has 0 aromatic carbocycles. The first-order valence-corrected chi connectivity index (χ1v) is 4.73. The first kappa shape index (κ1) is 11.6. The van der Waals surface area contributed by atoms with Crippen molar-refractivity contribution >= 4 is 17.8 Å². The monoisotopic (exact) mass is 214 g/mol. The van der Waals surface area contributed by atoms with Gasteiger partial charge in [0.1, 0.15) is 0 Å². The number of ether oxygens (including phenoxy) is 1. The van der Waals surface area contributed by atoms with Gasteiger partial charge in [-0.15, -0.1) is 0 Å². The Morgan fingerprint density at radius 3 is 2.80 bits per heavy atom. The van der Waals surface area contributed by atoms with Crippen molar-refractivity contribution in [2.24, 2.45) is 0 Å². The molecule has 84 valence electrons. The molecule has 1 atom stereocenters. The maximum atomic E-state index is 11.4. The van der Waals surface area contributed by atoms with E-state index < -0.39 is 12.0 Å². The van der Waals surface area contributed by atoms with Crippen LogP contribution in [0.5, 0.6) is 0 Å². The molecule has 0 bridgehead atoms. The Bertz CT molecular complexity index is 290. The van der Waals surface area contributed by atoms with Crippen LogP contribution in [0.4, 0.5) is 0 Å². The van der Waals surface area contributed by atoms with E-state index >= 15 is 0 Å². The molecule has 6 nitrogen and oxygen atoms in total. The van der Waals surface area contributed by atoms with Gasteiger partial charge >= 0.3 is 5.97 Å². The van der Waals surface area contributed by atoms with E-state index in [9.17, 15) is 14.4 Å². The molecule has 15 heavy (non-hydrogen) atoms. The molecule has 0 radical (unpaired) electrons. The number of nitrogens with one attached hydrogen (secondary N) is 1. The standard InChI is InChI=1S/C9H14N2O4/c1-3-6-9(14)10-7(12)4-11(6)5-8(13)15-2/h6H,3-5H2,1-2H3,(H,10,12,14). The van der Waals surface area contributed by atoms with E-state index in [-0.39, 0.29) is 24.9 Å². The van der Waals surface area contributed by atoms with Crippen molar-refractivity contribution < 1.29 is 19.1 Å². The molecule has 1 aliphatic rings. The van der Waals surface area contributed by atoms with Crippen molar-refractivity contribution in [3.63, 3.8) is 0 Å². The van der Waals surface area contributed by atoms with Gasteiger partial charge in [0.2, 0.25) is 11.8 Å². The number of esters is 1. The van der Waals surface area contributed by atoms with Crippen LogP contribution in [0.1, 0.15) is 13.3 Å². The summed E-state index contributed by atoms with van der Waals surface area (Å²) in [5.74, 6) is -1.18. The van der Waals surface area contributed by atoms with Gasteiger partial charge < -0.3 is 4.74 Å². The summed E-state index contributed by atoms with van der Waals surface area (Å²) < 4.78 is 4.49. The number of imide groups is 1. The molecule has 0 aliphatic carbocycles. The Morgan fingerprint density at radius 2 is 2.27 bits per heavy atom. The predicted molar refractivity (Wildman–Crippen MR) is 50.8 cm³/mol. The number of rotatable bonds is 3. The Hall–Kier alpha value is -1.43. The minimum atomic E-state index is -0.448. The van der Waals surface area contributed by atoms with Crippen molar-refractivity contribution in [2.45, 2.75) is 19.4 Å². The van der Waals surface area contributed by atoms with Crippen LogP contribution < -0.4 is 5.32 Å². The number of carbonyl (C=O) groups is 3. The van der Waals surface area contributed by atoms with Crippen LogP contribution in [0.15, 0.2) is 0 Å². The van der Waals surface area contributed by atoms with Gasteiger partial charge in [-0.25, -0.2) is 0 Å². The topological polar surface area (TPSA) is 75.7 Å². The van der Waals surface area contributed by atoms with E-state index in [0.29, 0.717) is 6.42 Å². The molecule has 1 unspecified atom stereocenters. The Labute approximate surface area is 87.6 Å². The third kappa shape index (κ3) is 2.76. The van der Waals surface area contributed by atoms with Crippen molar-refractivity contribution in [3.8, 4) is 0 Å². The van der Waals surface area contributed by atoms with E-state index in [0.717, 1.165) is 0 Å². The SMILES string of the molecule is CCC1C(=O)NC(=O)CN1CC(=O)OC. The molecule has 1 saturated heterocycles. The van der Waals surface area contributed by atoms with Gasteiger partial charge in [-0.3, -0.25) is 24.6 Å². The molecule has 1 fully saturated rings. The summed E-state index contributed by atoms with van der Waals surface area (Å²) in [6.07, 6.45) is 0.552. The third-order valence-corrected chi connectivity index (χ3v) is 2.30. The lowest BCUT2D eigenvalue weighted by molar-refractivity contribution is -0.147. The summed E-state index contributed by atoms with van der Waals surface area (Å²) in [5.41, 5.74) is 0. The van der Waals surface area contributed by atoms with Gasteiger partial charge in [-0.2, -0.15) is 0 Å². The van der Waals surface area contributed by atoms with Crippen LogP contribution in [0.2, 0.25) is 0 Å². The molecule has 0 saturated carbocycles. The summed E-state index contributed by atoms with van der Waals surface area (Å²) in [7, 11) is 1.27. The van der Waals surface area contributed by atoms with E-state index in [1.54, 1.807) is 0 Å². The zero-order valence-electron chi connectivity index (χ0n) is 8.78. The molecule has 0 aromatic heterocycles. The molecule has 1 N–H and O–H groups in total. The molecule has 6 heteroatoms. The highest BCUT2D eigenvalue weighted by Gasteiger charge is 2.33. The van der Waals surface area contributed by atoms with E-state index in [4.69, 9.17) is 0 Å². The van der Waals surface area contributed by atoms with Crippen molar-refractivity contribution in [1.82, 2.24) is 10.2 Å². The second-order valence-corrected chi connectivity index (χ2v) is 3.32. The summed E-state index contributed by atoms with van der Waals surface area (Å²) >= 11 is 0. The highest BCUT2D eigenvalue weighted by atomic mass is 16.5. The average Bonchev–Trinajstić information content (AvgIpc) is 2.17. The summed E-state index contributed by atoms with van der Waals surface area (Å²) in [5, 5.41) is 2.23. The number of amides is 2. The Kier molecular flexibility index (Phi) is 3.79. The quantitative estimate of drug-likeness (QED) is 0.476. The van der Waals surface area contributed by atoms with Gasteiger partial charge in [0.05, 0.1) is 26.2 Å². The molecule has 1 rings (SSSR count). The first-order valence-electron chi connectivity index (χ1n) is 4.73. The van der Waals surface area contributed by atoms with Crippen LogP contribution in [0.25, 0.3) is 0 Å². The van der Waals surface area contributed by atoms with Crippen molar-refractivity contribution in [3.05, 3.63) is 0 Å². The number of nitrogens with zero attached hydrogens (tertiary/aromatic N) is 1. The molecular formula is C9H14N2O4. The minimum absolute atomic E-state index is 0.0336. The maximum Gasteiger partial charge on any atom is 0.319 e. The Morgan fingerprint density at radius 1 is 1.60 bits per heavy atom. The van der Waals surface area contributed by atoms with Gasteiger partial charge in [0.25, 0.3) is 0 Å². The third-order valence-electron chi connectivity index (χ3n) is 2.30. The van der Waals surface area contributed by atoms with Gasteiger partial charge in [-0.1, -0.05) is 6.92 Å². The number of methoxy groups -OCH3 is 1. The first-order chi connectivity index (χ1) is 7.08. The smallest absolute Gasteiger partial charge is 0.319 e. The van der Waals surface area contributed by atoms with Crippen LogP contribution in [-0.4, -0.2) is 48.9 Å². The molecule has 0 spiro atoms. The van der Waals surface area contributed by atoms with E-state index in [1.807, 2.05) is 6.92 Å². The number of carbonyl (C=O) groups excluding carboxylic acids is 3. The van der Waals surface area contributed by atoms with Gasteiger partial charge in [-0.05, 0) is 6.42 Å². The molecule has 2 amide bonds. The molecule has 1 aliphatic heterocycles. The molecule has 1 heterocycles. The fraction of sp³-hybridized carbons (Fsp3) is 0.667. The lowest BCUT2D eigenvalue weighted by atomic mass is 10.1. The van der Waals surface area contributed by atoms with Gasteiger partial charge in [0.15, 0.2) is 0 Å². The van der Waals surface area contributed by atoms with Gasteiger partial charge in [0, 0.05) is 0 Å². The predicted octanol–water partition coefficient (Wildman–Crippen LogP) is -1.10. The zero-order chi connectivity index (χ0) is 11.4. The van der Waals surface area contributed by atoms with Crippen LogP contribution in [0.3, 0.4) is 0 Å². The highest BCUT2D eigenvalue weighted by Crippen LogP contribution is 2.08. The normalized spacial score (nSPS) is 22.4. The van der Waals surface area contributed by atoms with Crippen LogP contribution in [-0.2, 0) is 19.1 Å². The number of piperazine rings is 1. The fourth-order valence-corrected chi connectivity index (χ4v) is 1.56. The highest BCUT2D eigenvalue weighted by molar-refractivity contribution is 6.01. The lowest BCUT2D eigenvalue weighted by Crippen LogP contribution is -2.58. The number of hydrogen-bond acceptors (Lipinski definition) is 5. The van der Waals surface area contributed by atoms with E-state index in [1.165, 1.54) is 12.0 Å². The fourth-order valence-electron chi connectivity index (χ4n) is 1.56. The Balaban J connectivity index is 2.69. The minimum Gasteiger partial charge on any atom is -0.468 e.